The lowest BCUT2D eigenvalue weighted by atomic mass is 9.92. The van der Waals surface area contributed by atoms with E-state index in [1.54, 1.807) is 0 Å². The lowest BCUT2D eigenvalue weighted by Gasteiger charge is -2.10. The maximum Gasteiger partial charge on any atom is 0.143 e. The van der Waals surface area contributed by atoms with Gasteiger partial charge in [0.1, 0.15) is 11.2 Å². The van der Waals surface area contributed by atoms with Crippen LogP contribution in [-0.4, -0.2) is 0 Å². The Morgan fingerprint density at radius 3 is 1.43 bits per heavy atom. The van der Waals surface area contributed by atoms with E-state index in [0.717, 1.165) is 45.0 Å². The molecule has 0 saturated carbocycles. The molecule has 0 amide bonds. The molecule has 0 bridgehead atoms. The van der Waals surface area contributed by atoms with Gasteiger partial charge in [0.25, 0.3) is 0 Å². The predicted octanol–water partition coefficient (Wildman–Crippen LogP) is 11.8. The van der Waals surface area contributed by atoms with Crippen molar-refractivity contribution >= 4 is 21.9 Å². The van der Waals surface area contributed by atoms with Gasteiger partial charge >= 0.3 is 0 Å². The molecule has 7 aromatic carbocycles. The summed E-state index contributed by atoms with van der Waals surface area (Å²) >= 11 is 0. The fourth-order valence-corrected chi connectivity index (χ4v) is 6.93. The number of benzene rings is 7. The van der Waals surface area contributed by atoms with Crippen LogP contribution in [0.1, 0.15) is 11.1 Å². The van der Waals surface area contributed by atoms with Crippen LogP contribution in [0.25, 0.3) is 77.6 Å². The molecule has 0 aliphatic heterocycles. The smallest absolute Gasteiger partial charge is 0.143 e. The third-order valence-electron chi connectivity index (χ3n) is 9.08. The van der Waals surface area contributed by atoms with Crippen molar-refractivity contribution in [3.8, 4) is 55.6 Å². The molecule has 1 heteroatoms. The predicted molar refractivity (Wildman–Crippen MR) is 184 cm³/mol. The van der Waals surface area contributed by atoms with Crippen LogP contribution < -0.4 is 0 Å². The molecule has 0 unspecified atom stereocenters. The van der Waals surface area contributed by atoms with Crippen molar-refractivity contribution in [1.29, 1.82) is 0 Å². The highest BCUT2D eigenvalue weighted by atomic mass is 16.3. The van der Waals surface area contributed by atoms with Gasteiger partial charge in [-0.3, -0.25) is 0 Å². The van der Waals surface area contributed by atoms with Crippen LogP contribution in [0.3, 0.4) is 0 Å². The molecule has 9 rings (SSSR count). The summed E-state index contributed by atoms with van der Waals surface area (Å²) in [6, 6.07) is 56.8. The highest BCUT2D eigenvalue weighted by Crippen LogP contribution is 2.45. The van der Waals surface area contributed by atoms with Gasteiger partial charge in [0.2, 0.25) is 0 Å². The van der Waals surface area contributed by atoms with Gasteiger partial charge in [0.05, 0.1) is 0 Å². The molecule has 1 nitrogen and oxygen atoms in total. The number of hydrogen-bond donors (Lipinski definition) is 0. The fourth-order valence-electron chi connectivity index (χ4n) is 6.93. The van der Waals surface area contributed by atoms with E-state index >= 15 is 0 Å². The summed E-state index contributed by atoms with van der Waals surface area (Å²) in [5, 5.41) is 2.27. The minimum Gasteiger partial charge on any atom is -0.455 e. The standard InChI is InChI=1S/C43H28O/c1-4-12-28(13-5-1)33-24-38(30-16-8-3-9-17-30)42-40(26-33)41-27-34(29-14-6-2-7-15-29)25-39(43(41)44-42)32-20-21-37-35(23-32)22-31-18-10-11-19-36(31)37/h1-21,23-27H,22H2. The summed E-state index contributed by atoms with van der Waals surface area (Å²) in [6.07, 6.45) is 0.958. The maximum absolute atomic E-state index is 6.99. The Hall–Kier alpha value is -5.66. The summed E-state index contributed by atoms with van der Waals surface area (Å²) in [6.45, 7) is 0. The molecule has 8 aromatic rings. The van der Waals surface area contributed by atoms with Gasteiger partial charge in [0, 0.05) is 21.9 Å². The van der Waals surface area contributed by atoms with Gasteiger partial charge in [-0.1, -0.05) is 133 Å². The van der Waals surface area contributed by atoms with E-state index in [4.69, 9.17) is 4.42 Å². The lowest BCUT2D eigenvalue weighted by Crippen LogP contribution is -1.87. The highest BCUT2D eigenvalue weighted by molar-refractivity contribution is 6.15. The monoisotopic (exact) mass is 560 g/mol. The Balaban J connectivity index is 1.35. The minimum atomic E-state index is 0.922. The first-order chi connectivity index (χ1) is 21.8. The quantitative estimate of drug-likeness (QED) is 0.209. The molecular formula is C43H28O. The lowest BCUT2D eigenvalue weighted by molar-refractivity contribution is 0.671. The van der Waals surface area contributed by atoms with E-state index in [1.165, 1.54) is 50.1 Å². The molecule has 0 fully saturated rings. The third-order valence-corrected chi connectivity index (χ3v) is 9.08. The average molecular weight is 561 g/mol. The summed E-state index contributed by atoms with van der Waals surface area (Å²) in [4.78, 5) is 0. The van der Waals surface area contributed by atoms with Crippen molar-refractivity contribution in [3.05, 3.63) is 169 Å². The summed E-state index contributed by atoms with van der Waals surface area (Å²) < 4.78 is 6.99. The van der Waals surface area contributed by atoms with Crippen LogP contribution in [0.15, 0.2) is 162 Å². The SMILES string of the molecule is c1ccc(-c2cc(-c3ccccc3)c3oc4c(-c5ccc6c(c5)Cc5ccccc5-6)cc(-c5ccccc5)cc4c3c2)cc1. The molecule has 0 radical (unpaired) electrons. The fraction of sp³-hybridized carbons (Fsp3) is 0.0233. The van der Waals surface area contributed by atoms with Crippen LogP contribution in [0.4, 0.5) is 0 Å². The molecule has 1 aliphatic rings. The van der Waals surface area contributed by atoms with Crippen molar-refractivity contribution in [2.24, 2.45) is 0 Å². The zero-order valence-corrected chi connectivity index (χ0v) is 24.1. The van der Waals surface area contributed by atoms with Crippen LogP contribution in [0.5, 0.6) is 0 Å². The third kappa shape index (κ3) is 4.01. The van der Waals surface area contributed by atoms with Crippen molar-refractivity contribution in [2.75, 3.05) is 0 Å². The molecule has 1 heterocycles. The van der Waals surface area contributed by atoms with Gasteiger partial charge in [-0.25, -0.2) is 0 Å². The second kappa shape index (κ2) is 9.97. The van der Waals surface area contributed by atoms with E-state index in [9.17, 15) is 0 Å². The molecule has 206 valence electrons. The summed E-state index contributed by atoms with van der Waals surface area (Å²) in [5.41, 5.74) is 16.6. The molecule has 0 N–H and O–H groups in total. The van der Waals surface area contributed by atoms with Gasteiger partial charge < -0.3 is 4.42 Å². The summed E-state index contributed by atoms with van der Waals surface area (Å²) in [5.74, 6) is 0. The van der Waals surface area contributed by atoms with Crippen LogP contribution in [0, 0.1) is 0 Å². The first-order valence-corrected chi connectivity index (χ1v) is 15.2. The first kappa shape index (κ1) is 24.9. The van der Waals surface area contributed by atoms with Crippen LogP contribution >= 0.6 is 0 Å². The maximum atomic E-state index is 6.99. The second-order valence-corrected chi connectivity index (χ2v) is 11.7. The molecular weight excluding hydrogens is 532 g/mol. The van der Waals surface area contributed by atoms with E-state index in [0.29, 0.717) is 0 Å². The first-order valence-electron chi connectivity index (χ1n) is 15.2. The summed E-state index contributed by atoms with van der Waals surface area (Å²) in [7, 11) is 0. The zero-order chi connectivity index (χ0) is 29.0. The molecule has 1 aliphatic carbocycles. The van der Waals surface area contributed by atoms with Crippen molar-refractivity contribution in [1.82, 2.24) is 0 Å². The number of fused-ring (bicyclic) bond motifs is 6. The van der Waals surface area contributed by atoms with Crippen molar-refractivity contribution in [2.45, 2.75) is 6.42 Å². The van der Waals surface area contributed by atoms with Gasteiger partial charge in [-0.15, -0.1) is 0 Å². The largest absolute Gasteiger partial charge is 0.455 e. The molecule has 0 spiro atoms. The Morgan fingerprint density at radius 2 is 0.818 bits per heavy atom. The van der Waals surface area contributed by atoms with E-state index < -0.39 is 0 Å². The van der Waals surface area contributed by atoms with Crippen molar-refractivity contribution < 1.29 is 4.42 Å². The topological polar surface area (TPSA) is 13.1 Å². The molecule has 1 aromatic heterocycles. The van der Waals surface area contributed by atoms with Crippen molar-refractivity contribution in [3.63, 3.8) is 0 Å². The van der Waals surface area contributed by atoms with Gasteiger partial charge in [0.15, 0.2) is 0 Å². The van der Waals surface area contributed by atoms with Crippen LogP contribution in [-0.2, 0) is 6.42 Å². The van der Waals surface area contributed by atoms with Crippen LogP contribution in [0.2, 0.25) is 0 Å². The van der Waals surface area contributed by atoms with E-state index in [2.05, 4.69) is 158 Å². The van der Waals surface area contributed by atoms with Gasteiger partial charge in [-0.05, 0) is 86.3 Å². The Morgan fingerprint density at radius 1 is 0.318 bits per heavy atom. The normalized spacial score (nSPS) is 12.0. The molecule has 0 atom stereocenters. The number of furan rings is 1. The average Bonchev–Trinajstić information content (AvgIpc) is 3.66. The Labute approximate surface area is 256 Å². The number of hydrogen-bond acceptors (Lipinski definition) is 1. The highest BCUT2D eigenvalue weighted by Gasteiger charge is 2.22. The Kier molecular flexibility index (Phi) is 5.64. The van der Waals surface area contributed by atoms with Gasteiger partial charge in [-0.2, -0.15) is 0 Å². The second-order valence-electron chi connectivity index (χ2n) is 11.7. The molecule has 44 heavy (non-hydrogen) atoms. The zero-order valence-electron chi connectivity index (χ0n) is 24.1. The number of rotatable bonds is 4. The Bertz CT molecular complexity index is 2330. The molecule has 0 saturated heterocycles. The van der Waals surface area contributed by atoms with E-state index in [1.807, 2.05) is 0 Å². The van der Waals surface area contributed by atoms with E-state index in [-0.39, 0.29) is 0 Å². The minimum absolute atomic E-state index is 0.922.